The fourth-order valence-electron chi connectivity index (χ4n) is 1.49. The highest BCUT2D eigenvalue weighted by molar-refractivity contribution is 4.95. The number of halogens is 2. The summed E-state index contributed by atoms with van der Waals surface area (Å²) in [4.78, 5) is 0. The van der Waals surface area contributed by atoms with Gasteiger partial charge in [-0.15, -0.1) is 0 Å². The van der Waals surface area contributed by atoms with Gasteiger partial charge in [-0.25, -0.2) is 8.78 Å². The third-order valence-electron chi connectivity index (χ3n) is 2.26. The summed E-state index contributed by atoms with van der Waals surface area (Å²) in [6, 6.07) is 0. The van der Waals surface area contributed by atoms with E-state index in [9.17, 15) is 8.78 Å². The quantitative estimate of drug-likeness (QED) is 0.767. The first-order valence-corrected chi connectivity index (χ1v) is 5.32. The fourth-order valence-corrected chi connectivity index (χ4v) is 1.49. The maximum atomic E-state index is 12.6. The van der Waals surface area contributed by atoms with Gasteiger partial charge in [0, 0.05) is 6.61 Å². The van der Waals surface area contributed by atoms with Crippen molar-refractivity contribution in [2.45, 2.75) is 45.6 Å². The average molecular weight is 209 g/mol. The zero-order valence-corrected chi connectivity index (χ0v) is 9.28. The highest BCUT2D eigenvalue weighted by atomic mass is 19.3. The molecule has 0 amide bonds. The van der Waals surface area contributed by atoms with E-state index in [4.69, 9.17) is 4.74 Å². The Morgan fingerprint density at radius 1 is 1.43 bits per heavy atom. The number of hydrogen-bond donors (Lipinski definition) is 1. The molecule has 0 radical (unpaired) electrons. The van der Waals surface area contributed by atoms with Crippen molar-refractivity contribution < 1.29 is 13.5 Å². The highest BCUT2D eigenvalue weighted by Crippen LogP contribution is 2.26. The molecule has 1 saturated heterocycles. The minimum atomic E-state index is -2.33. The summed E-state index contributed by atoms with van der Waals surface area (Å²) in [6.07, 6.45) is -0.992. The first-order valence-electron chi connectivity index (χ1n) is 5.32. The van der Waals surface area contributed by atoms with Crippen LogP contribution in [0.3, 0.4) is 0 Å². The molecule has 2 nitrogen and oxygen atoms in total. The summed E-state index contributed by atoms with van der Waals surface area (Å²) in [5.74, 6) is 0. The van der Waals surface area contributed by atoms with Gasteiger partial charge in [0.1, 0.15) is 5.54 Å². The van der Waals surface area contributed by atoms with E-state index in [-0.39, 0.29) is 6.61 Å². The lowest BCUT2D eigenvalue weighted by Gasteiger charge is -2.27. The largest absolute Gasteiger partial charge is 0.380 e. The molecule has 1 fully saturated rings. The molecule has 4 heteroatoms. The van der Waals surface area contributed by atoms with E-state index < -0.39 is 12.0 Å². The van der Waals surface area contributed by atoms with Crippen molar-refractivity contribution >= 4 is 0 Å². The highest BCUT2D eigenvalue weighted by Gasteiger charge is 2.42. The van der Waals surface area contributed by atoms with Gasteiger partial charge in [-0.05, 0) is 26.3 Å². The van der Waals surface area contributed by atoms with Crippen molar-refractivity contribution in [1.29, 1.82) is 0 Å². The Kier molecular flexibility index (Phi) is 7.01. The van der Waals surface area contributed by atoms with Crippen LogP contribution < -0.4 is 5.32 Å². The van der Waals surface area contributed by atoms with Crippen LogP contribution in [0.5, 0.6) is 0 Å². The third kappa shape index (κ3) is 3.50. The summed E-state index contributed by atoms with van der Waals surface area (Å²) in [6.45, 7) is 7.11. The van der Waals surface area contributed by atoms with Gasteiger partial charge in [-0.1, -0.05) is 13.8 Å². The van der Waals surface area contributed by atoms with Gasteiger partial charge < -0.3 is 10.1 Å². The number of hydrogen-bond acceptors (Lipinski definition) is 2. The topological polar surface area (TPSA) is 21.3 Å². The summed E-state index contributed by atoms with van der Waals surface area (Å²) in [7, 11) is 0. The minimum absolute atomic E-state index is 0.126. The lowest BCUT2D eigenvalue weighted by Crippen LogP contribution is -2.50. The van der Waals surface area contributed by atoms with E-state index in [0.717, 1.165) is 6.42 Å². The van der Waals surface area contributed by atoms with E-state index in [2.05, 4.69) is 5.32 Å². The Bertz CT molecular complexity index is 136. The molecule has 1 N–H and O–H groups in total. The van der Waals surface area contributed by atoms with Crippen LogP contribution in [-0.4, -0.2) is 31.7 Å². The monoisotopic (exact) mass is 209 g/mol. The number of rotatable bonds is 4. The molecule has 1 aliphatic rings. The maximum Gasteiger partial charge on any atom is 0.258 e. The molecule has 86 valence electrons. The molecule has 1 heterocycles. The molecule has 0 bridgehead atoms. The number of nitrogens with one attached hydrogen (secondary N) is 1. The summed E-state index contributed by atoms with van der Waals surface area (Å²) < 4.78 is 30.2. The first kappa shape index (κ1) is 13.8. The molecule has 0 aromatic rings. The Morgan fingerprint density at radius 2 is 2.07 bits per heavy atom. The normalized spacial score (nSPS) is 26.1. The Morgan fingerprint density at radius 3 is 2.43 bits per heavy atom. The van der Waals surface area contributed by atoms with Crippen molar-refractivity contribution in [3.63, 3.8) is 0 Å². The van der Waals surface area contributed by atoms with Gasteiger partial charge in [0.15, 0.2) is 0 Å². The molecule has 14 heavy (non-hydrogen) atoms. The zero-order chi connectivity index (χ0) is 11.0. The summed E-state index contributed by atoms with van der Waals surface area (Å²) in [5, 5.41) is 2.83. The molecular formula is C10H21F2NO. The Labute approximate surface area is 85.0 Å². The van der Waals surface area contributed by atoms with Crippen molar-refractivity contribution in [1.82, 2.24) is 5.32 Å². The first-order chi connectivity index (χ1) is 6.71. The van der Waals surface area contributed by atoms with Gasteiger partial charge in [0.05, 0.1) is 6.61 Å². The second kappa shape index (κ2) is 7.12. The van der Waals surface area contributed by atoms with E-state index >= 15 is 0 Å². The van der Waals surface area contributed by atoms with Crippen molar-refractivity contribution in [2.75, 3.05) is 19.8 Å². The predicted molar refractivity (Wildman–Crippen MR) is 53.8 cm³/mol. The van der Waals surface area contributed by atoms with Gasteiger partial charge in [0.2, 0.25) is 0 Å². The smallest absolute Gasteiger partial charge is 0.258 e. The van der Waals surface area contributed by atoms with E-state index in [0.29, 0.717) is 19.6 Å². The molecule has 0 aromatic heterocycles. The Hall–Kier alpha value is -0.220. The van der Waals surface area contributed by atoms with Gasteiger partial charge in [0.25, 0.3) is 6.43 Å². The van der Waals surface area contributed by atoms with Crippen LogP contribution in [0.25, 0.3) is 0 Å². The van der Waals surface area contributed by atoms with E-state index in [1.807, 2.05) is 20.8 Å². The van der Waals surface area contributed by atoms with Crippen LogP contribution in [0.15, 0.2) is 0 Å². The van der Waals surface area contributed by atoms with Crippen LogP contribution in [0, 0.1) is 0 Å². The fraction of sp³-hybridized carbons (Fsp3) is 1.00. The molecule has 0 aliphatic carbocycles. The van der Waals surface area contributed by atoms with E-state index in [1.165, 1.54) is 0 Å². The molecule has 1 unspecified atom stereocenters. The predicted octanol–water partition coefficient (Wildman–Crippen LogP) is 2.44. The van der Waals surface area contributed by atoms with Gasteiger partial charge >= 0.3 is 0 Å². The average Bonchev–Trinajstić information content (AvgIpc) is 2.68. The second-order valence-electron chi connectivity index (χ2n) is 3.12. The zero-order valence-electron chi connectivity index (χ0n) is 9.28. The number of alkyl halides is 2. The molecular weight excluding hydrogens is 188 g/mol. The molecule has 1 aliphatic heterocycles. The van der Waals surface area contributed by atoms with Crippen LogP contribution in [0.2, 0.25) is 0 Å². The van der Waals surface area contributed by atoms with Crippen molar-refractivity contribution in [2.24, 2.45) is 0 Å². The van der Waals surface area contributed by atoms with Crippen LogP contribution in [-0.2, 0) is 4.74 Å². The van der Waals surface area contributed by atoms with Crippen molar-refractivity contribution in [3.8, 4) is 0 Å². The Balaban J connectivity index is 0.000000791. The maximum absolute atomic E-state index is 12.6. The molecule has 0 spiro atoms. The minimum Gasteiger partial charge on any atom is -0.380 e. The van der Waals surface area contributed by atoms with Crippen molar-refractivity contribution in [3.05, 3.63) is 0 Å². The lowest BCUT2D eigenvalue weighted by atomic mass is 10.00. The van der Waals surface area contributed by atoms with Crippen LogP contribution in [0.1, 0.15) is 33.6 Å². The molecule has 1 rings (SSSR count). The lowest BCUT2D eigenvalue weighted by molar-refractivity contribution is -0.0188. The summed E-state index contributed by atoms with van der Waals surface area (Å²) in [5.41, 5.74) is -1.06. The van der Waals surface area contributed by atoms with Crippen LogP contribution in [0.4, 0.5) is 8.78 Å². The summed E-state index contributed by atoms with van der Waals surface area (Å²) >= 11 is 0. The van der Waals surface area contributed by atoms with E-state index in [1.54, 1.807) is 0 Å². The third-order valence-corrected chi connectivity index (χ3v) is 2.26. The number of ether oxygens (including phenoxy) is 1. The van der Waals surface area contributed by atoms with Gasteiger partial charge in [-0.3, -0.25) is 0 Å². The molecule has 1 atom stereocenters. The van der Waals surface area contributed by atoms with Crippen LogP contribution >= 0.6 is 0 Å². The molecule has 0 saturated carbocycles. The SMILES string of the molecule is CC.CCOCC1(C(F)F)CCCN1. The second-order valence-corrected chi connectivity index (χ2v) is 3.12. The van der Waals surface area contributed by atoms with Gasteiger partial charge in [-0.2, -0.15) is 0 Å². The molecule has 0 aromatic carbocycles. The standard InChI is InChI=1S/C8H15F2NO.C2H6/c1-2-12-6-8(7(9)10)4-3-5-11-8;1-2/h7,11H,2-6H2,1H3;1-2H3.